The smallest absolute Gasteiger partial charge is 0.130 e. The highest BCUT2D eigenvalue weighted by Crippen LogP contribution is 2.22. The van der Waals surface area contributed by atoms with Crippen molar-refractivity contribution in [2.24, 2.45) is 0 Å². The van der Waals surface area contributed by atoms with Gasteiger partial charge in [-0.3, -0.25) is 0 Å². The van der Waals surface area contributed by atoms with Crippen molar-refractivity contribution in [3.63, 3.8) is 0 Å². The van der Waals surface area contributed by atoms with Crippen LogP contribution < -0.4 is 0 Å². The third kappa shape index (κ3) is 2.59. The fraction of sp³-hybridized carbons (Fsp3) is 0.0714. The molecule has 0 saturated carbocycles. The van der Waals surface area contributed by atoms with Crippen molar-refractivity contribution < 1.29 is 0 Å². The van der Waals surface area contributed by atoms with Gasteiger partial charge in [0.15, 0.2) is 0 Å². The summed E-state index contributed by atoms with van der Waals surface area (Å²) >= 11 is 9.57. The Balaban J connectivity index is 1.96. The molecule has 1 heterocycles. The van der Waals surface area contributed by atoms with Crippen molar-refractivity contribution in [1.82, 2.24) is 20.2 Å². The van der Waals surface area contributed by atoms with Gasteiger partial charge in [0.1, 0.15) is 0 Å². The number of rotatable bonds is 3. The first-order valence-electron chi connectivity index (χ1n) is 5.98. The summed E-state index contributed by atoms with van der Waals surface area (Å²) in [5.41, 5.74) is 2.75. The lowest BCUT2D eigenvalue weighted by molar-refractivity contribution is 0.720. The molecule has 100 valence electrons. The summed E-state index contributed by atoms with van der Waals surface area (Å²) in [6.07, 6.45) is 0. The second kappa shape index (κ2) is 5.73. The van der Waals surface area contributed by atoms with Crippen molar-refractivity contribution in [2.75, 3.05) is 0 Å². The number of aromatic nitrogens is 4. The molecule has 0 bridgehead atoms. The van der Waals surface area contributed by atoms with E-state index >= 15 is 0 Å². The Morgan fingerprint density at radius 1 is 1.10 bits per heavy atom. The van der Waals surface area contributed by atoms with Crippen LogP contribution in [0.25, 0.3) is 17.1 Å². The van der Waals surface area contributed by atoms with Crippen LogP contribution in [0.4, 0.5) is 0 Å². The summed E-state index contributed by atoms with van der Waals surface area (Å²) in [6.45, 7) is 0. The van der Waals surface area contributed by atoms with Crippen LogP contribution in [-0.4, -0.2) is 20.2 Å². The molecule has 3 aromatic rings. The second-order valence-corrected chi connectivity index (χ2v) is 5.15. The lowest BCUT2D eigenvalue weighted by Crippen LogP contribution is -1.99. The highest BCUT2D eigenvalue weighted by molar-refractivity contribution is 9.08. The Labute approximate surface area is 129 Å². The Bertz CT molecular complexity index is 727. The zero-order valence-corrected chi connectivity index (χ0v) is 12.7. The number of hydrogen-bond acceptors (Lipinski definition) is 3. The summed E-state index contributed by atoms with van der Waals surface area (Å²) in [6, 6.07) is 15.4. The average Bonchev–Trinajstić information content (AvgIpc) is 2.98. The van der Waals surface area contributed by atoms with E-state index in [2.05, 4.69) is 31.3 Å². The fourth-order valence-corrected chi connectivity index (χ4v) is 2.69. The van der Waals surface area contributed by atoms with Crippen LogP contribution in [0.15, 0.2) is 48.5 Å². The predicted molar refractivity (Wildman–Crippen MR) is 82.2 cm³/mol. The van der Waals surface area contributed by atoms with Gasteiger partial charge < -0.3 is 0 Å². The molecule has 0 aliphatic heterocycles. The van der Waals surface area contributed by atoms with Crippen LogP contribution in [0.5, 0.6) is 0 Å². The first-order valence-corrected chi connectivity index (χ1v) is 7.48. The van der Waals surface area contributed by atoms with Gasteiger partial charge >= 0.3 is 0 Å². The van der Waals surface area contributed by atoms with Crippen LogP contribution in [0, 0.1) is 0 Å². The first kappa shape index (κ1) is 13.3. The van der Waals surface area contributed by atoms with E-state index in [0.29, 0.717) is 16.2 Å². The third-order valence-corrected chi connectivity index (χ3v) is 3.81. The van der Waals surface area contributed by atoms with E-state index in [1.54, 1.807) is 0 Å². The molecule has 0 unspecified atom stereocenters. The Kier molecular flexibility index (Phi) is 3.80. The molecule has 0 aliphatic carbocycles. The van der Waals surface area contributed by atoms with E-state index in [1.165, 1.54) is 4.80 Å². The Morgan fingerprint density at radius 3 is 2.60 bits per heavy atom. The molecular formula is C14H10BrClN4. The zero-order valence-electron chi connectivity index (χ0n) is 10.4. The Morgan fingerprint density at radius 2 is 1.90 bits per heavy atom. The minimum Gasteiger partial charge on any atom is -0.130 e. The largest absolute Gasteiger partial charge is 0.205 e. The minimum absolute atomic E-state index is 0.589. The number of hydrogen-bond donors (Lipinski definition) is 0. The summed E-state index contributed by atoms with van der Waals surface area (Å²) < 4.78 is 0. The highest BCUT2D eigenvalue weighted by Gasteiger charge is 2.08. The normalized spacial score (nSPS) is 10.7. The first-order chi connectivity index (χ1) is 9.78. The number of halogens is 2. The van der Waals surface area contributed by atoms with Gasteiger partial charge in [0, 0.05) is 15.9 Å². The summed E-state index contributed by atoms with van der Waals surface area (Å²) in [4.78, 5) is 1.48. The van der Waals surface area contributed by atoms with E-state index < -0.39 is 0 Å². The molecule has 0 saturated heterocycles. The van der Waals surface area contributed by atoms with Gasteiger partial charge in [-0.25, -0.2) is 0 Å². The maximum absolute atomic E-state index is 6.18. The van der Waals surface area contributed by atoms with Crippen molar-refractivity contribution in [2.45, 2.75) is 5.33 Å². The third-order valence-electron chi connectivity index (χ3n) is 2.86. The average molecular weight is 350 g/mol. The predicted octanol–water partition coefficient (Wildman–Crippen LogP) is 3.88. The van der Waals surface area contributed by atoms with E-state index in [1.807, 2.05) is 48.5 Å². The van der Waals surface area contributed by atoms with Gasteiger partial charge in [0.2, 0.25) is 5.82 Å². The maximum Gasteiger partial charge on any atom is 0.205 e. The van der Waals surface area contributed by atoms with E-state index in [0.717, 1.165) is 16.8 Å². The molecule has 0 atom stereocenters. The quantitative estimate of drug-likeness (QED) is 0.674. The standard InChI is InChI=1S/C14H10BrClN4/c15-9-11-6-7-12(8-13(11)16)20-18-14(17-19-20)10-4-2-1-3-5-10/h1-8H,9H2. The number of benzene rings is 2. The van der Waals surface area contributed by atoms with Gasteiger partial charge in [-0.15, -0.1) is 15.0 Å². The van der Waals surface area contributed by atoms with E-state index in [-0.39, 0.29) is 0 Å². The van der Waals surface area contributed by atoms with Gasteiger partial charge in [-0.05, 0) is 22.9 Å². The molecule has 0 spiro atoms. The molecule has 6 heteroatoms. The summed E-state index contributed by atoms with van der Waals surface area (Å²) in [5.74, 6) is 0.589. The minimum atomic E-state index is 0.589. The number of alkyl halides is 1. The highest BCUT2D eigenvalue weighted by atomic mass is 79.9. The lowest BCUT2D eigenvalue weighted by atomic mass is 10.2. The van der Waals surface area contributed by atoms with Crippen molar-refractivity contribution in [1.29, 1.82) is 0 Å². The van der Waals surface area contributed by atoms with Crippen molar-refractivity contribution in [3.05, 3.63) is 59.1 Å². The van der Waals surface area contributed by atoms with E-state index in [9.17, 15) is 0 Å². The molecular weight excluding hydrogens is 340 g/mol. The molecule has 0 fully saturated rings. The van der Waals surface area contributed by atoms with Crippen molar-refractivity contribution in [3.8, 4) is 17.1 Å². The topological polar surface area (TPSA) is 43.6 Å². The molecule has 3 rings (SSSR count). The molecule has 2 aromatic carbocycles. The molecule has 0 radical (unpaired) electrons. The van der Waals surface area contributed by atoms with Crippen LogP contribution >= 0.6 is 27.5 Å². The summed E-state index contributed by atoms with van der Waals surface area (Å²) in [5, 5.41) is 13.9. The molecule has 1 aromatic heterocycles. The number of nitrogens with zero attached hydrogens (tertiary/aromatic N) is 4. The molecule has 0 N–H and O–H groups in total. The Hall–Kier alpha value is -1.72. The van der Waals surface area contributed by atoms with E-state index in [4.69, 9.17) is 11.6 Å². The zero-order chi connectivity index (χ0) is 13.9. The van der Waals surface area contributed by atoms with Crippen molar-refractivity contribution >= 4 is 27.5 Å². The maximum atomic E-state index is 6.18. The van der Waals surface area contributed by atoms with Crippen LogP contribution in [0.2, 0.25) is 5.02 Å². The monoisotopic (exact) mass is 348 g/mol. The molecule has 0 amide bonds. The SMILES string of the molecule is Clc1cc(-n2nnc(-c3ccccc3)n2)ccc1CBr. The van der Waals surface area contributed by atoms with Gasteiger partial charge in [0.05, 0.1) is 5.69 Å². The van der Waals surface area contributed by atoms with Crippen LogP contribution in [-0.2, 0) is 5.33 Å². The number of tetrazole rings is 1. The van der Waals surface area contributed by atoms with Crippen LogP contribution in [0.3, 0.4) is 0 Å². The van der Waals surface area contributed by atoms with Gasteiger partial charge in [0.25, 0.3) is 0 Å². The fourth-order valence-electron chi connectivity index (χ4n) is 1.80. The molecule has 4 nitrogen and oxygen atoms in total. The van der Waals surface area contributed by atoms with Gasteiger partial charge in [-0.1, -0.05) is 63.9 Å². The van der Waals surface area contributed by atoms with Gasteiger partial charge in [-0.2, -0.15) is 0 Å². The second-order valence-electron chi connectivity index (χ2n) is 4.18. The molecule has 20 heavy (non-hydrogen) atoms. The molecule has 0 aliphatic rings. The van der Waals surface area contributed by atoms with Crippen LogP contribution in [0.1, 0.15) is 5.56 Å². The summed E-state index contributed by atoms with van der Waals surface area (Å²) in [7, 11) is 0. The lowest BCUT2D eigenvalue weighted by Gasteiger charge is -2.03.